The lowest BCUT2D eigenvalue weighted by Crippen LogP contribution is -2.36. The number of rotatable bonds is 5. The van der Waals surface area contributed by atoms with Gasteiger partial charge in [-0.05, 0) is 30.3 Å². The van der Waals surface area contributed by atoms with Crippen LogP contribution in [0.3, 0.4) is 0 Å². The number of aromatic nitrogens is 1. The Balaban J connectivity index is 1.26. The van der Waals surface area contributed by atoms with E-state index in [2.05, 4.69) is 32.4 Å². The Labute approximate surface area is 211 Å². The summed E-state index contributed by atoms with van der Waals surface area (Å²) in [5, 5.41) is 5.31. The standard InChI is InChI=1S/C27H23FN4O3S/c28-22-17-20(31-27(33)30-19-5-2-1-3-6-19)8-9-24(22)35-25-10-11-29-23-18-21(36-26(23)25)7-4-12-32-13-15-34-16-14-32/h1-3,5-6,8-11,17-18H,12-16H2,(H2,30,31,33). The summed E-state index contributed by atoms with van der Waals surface area (Å²) < 4.78 is 26.9. The number of halogens is 1. The molecule has 2 N–H and O–H groups in total. The van der Waals surface area contributed by atoms with Gasteiger partial charge in [0.05, 0.1) is 34.9 Å². The molecular formula is C27H23FN4O3S. The van der Waals surface area contributed by atoms with Gasteiger partial charge in [-0.1, -0.05) is 30.0 Å². The van der Waals surface area contributed by atoms with E-state index in [-0.39, 0.29) is 5.75 Å². The number of pyridine rings is 1. The monoisotopic (exact) mass is 502 g/mol. The van der Waals surface area contributed by atoms with Gasteiger partial charge >= 0.3 is 6.03 Å². The third-order valence-corrected chi connectivity index (χ3v) is 6.49. The van der Waals surface area contributed by atoms with Gasteiger partial charge in [-0.3, -0.25) is 9.88 Å². The van der Waals surface area contributed by atoms with Crippen LogP contribution in [-0.2, 0) is 4.74 Å². The van der Waals surface area contributed by atoms with E-state index in [9.17, 15) is 9.18 Å². The van der Waals surface area contributed by atoms with Crippen LogP contribution in [0.25, 0.3) is 10.2 Å². The number of nitrogens with zero attached hydrogens (tertiary/aromatic N) is 2. The van der Waals surface area contributed by atoms with E-state index >= 15 is 0 Å². The van der Waals surface area contributed by atoms with E-state index in [1.807, 2.05) is 24.3 Å². The number of ether oxygens (including phenoxy) is 2. The van der Waals surface area contributed by atoms with Crippen molar-refractivity contribution >= 4 is 39.0 Å². The third kappa shape index (κ3) is 5.98. The highest BCUT2D eigenvalue weighted by atomic mass is 32.1. The molecule has 0 radical (unpaired) electrons. The molecular weight excluding hydrogens is 479 g/mol. The van der Waals surface area contributed by atoms with Crippen LogP contribution in [0.2, 0.25) is 0 Å². The number of urea groups is 1. The minimum absolute atomic E-state index is 0.0462. The second-order valence-electron chi connectivity index (χ2n) is 8.02. The van der Waals surface area contributed by atoms with Crippen molar-refractivity contribution in [2.24, 2.45) is 0 Å². The number of hydrogen-bond acceptors (Lipinski definition) is 6. The molecule has 0 spiro atoms. The molecule has 2 aromatic heterocycles. The number of carbonyl (C=O) groups is 1. The fourth-order valence-electron chi connectivity index (χ4n) is 3.65. The first-order valence-corrected chi connectivity index (χ1v) is 12.2. The summed E-state index contributed by atoms with van der Waals surface area (Å²) in [6.45, 7) is 3.94. The van der Waals surface area contributed by atoms with Crippen LogP contribution in [0.1, 0.15) is 4.88 Å². The lowest BCUT2D eigenvalue weighted by atomic mass is 10.3. The predicted molar refractivity (Wildman–Crippen MR) is 139 cm³/mol. The Morgan fingerprint density at radius 3 is 2.67 bits per heavy atom. The normalized spacial score (nSPS) is 13.6. The summed E-state index contributed by atoms with van der Waals surface area (Å²) >= 11 is 1.46. The molecule has 36 heavy (non-hydrogen) atoms. The van der Waals surface area contributed by atoms with Crippen molar-refractivity contribution in [2.45, 2.75) is 0 Å². The second kappa shape index (κ2) is 11.2. The quantitative estimate of drug-likeness (QED) is 0.350. The van der Waals surface area contributed by atoms with Gasteiger partial charge in [0.15, 0.2) is 11.6 Å². The van der Waals surface area contributed by atoms with E-state index < -0.39 is 11.8 Å². The van der Waals surface area contributed by atoms with Crippen LogP contribution in [0, 0.1) is 17.7 Å². The smallest absolute Gasteiger partial charge is 0.323 e. The number of fused-ring (bicyclic) bond motifs is 1. The fourth-order valence-corrected chi connectivity index (χ4v) is 4.59. The molecule has 1 aliphatic rings. The van der Waals surface area contributed by atoms with Crippen molar-refractivity contribution in [1.29, 1.82) is 0 Å². The van der Waals surface area contributed by atoms with E-state index in [1.54, 1.807) is 30.5 Å². The lowest BCUT2D eigenvalue weighted by molar-refractivity contribution is 0.0443. The van der Waals surface area contributed by atoms with Crippen LogP contribution < -0.4 is 15.4 Å². The van der Waals surface area contributed by atoms with Crippen molar-refractivity contribution in [3.63, 3.8) is 0 Å². The van der Waals surface area contributed by atoms with Gasteiger partial charge in [0.2, 0.25) is 0 Å². The zero-order chi connectivity index (χ0) is 24.7. The topological polar surface area (TPSA) is 75.7 Å². The number of para-hydroxylation sites is 1. The molecule has 0 unspecified atom stereocenters. The Kier molecular flexibility index (Phi) is 7.38. The molecule has 7 nitrogen and oxygen atoms in total. The van der Waals surface area contributed by atoms with Crippen LogP contribution in [-0.4, -0.2) is 48.8 Å². The minimum Gasteiger partial charge on any atom is -0.453 e. The van der Waals surface area contributed by atoms with Crippen LogP contribution in [0.5, 0.6) is 11.5 Å². The lowest BCUT2D eigenvalue weighted by Gasteiger charge is -2.24. The molecule has 9 heteroatoms. The van der Waals surface area contributed by atoms with Gasteiger partial charge in [0.25, 0.3) is 0 Å². The zero-order valence-corrected chi connectivity index (χ0v) is 20.1. The molecule has 1 saturated heterocycles. The van der Waals surface area contributed by atoms with Gasteiger partial charge in [-0.15, -0.1) is 11.3 Å². The van der Waals surface area contributed by atoms with Crippen LogP contribution >= 0.6 is 11.3 Å². The summed E-state index contributed by atoms with van der Waals surface area (Å²) in [6, 6.07) is 16.4. The van der Waals surface area contributed by atoms with E-state index in [0.717, 1.165) is 41.4 Å². The molecule has 2 aromatic carbocycles. The maximum absolute atomic E-state index is 14.8. The first-order chi connectivity index (χ1) is 17.6. The Hall–Kier alpha value is -3.97. The van der Waals surface area contributed by atoms with Crippen molar-refractivity contribution < 1.29 is 18.7 Å². The van der Waals surface area contributed by atoms with E-state index in [1.165, 1.54) is 23.5 Å². The van der Waals surface area contributed by atoms with Gasteiger partial charge in [0, 0.05) is 42.8 Å². The maximum atomic E-state index is 14.8. The van der Waals surface area contributed by atoms with Crippen molar-refractivity contribution in [3.05, 3.63) is 77.6 Å². The van der Waals surface area contributed by atoms with Crippen molar-refractivity contribution in [2.75, 3.05) is 43.5 Å². The first-order valence-electron chi connectivity index (χ1n) is 11.4. The average Bonchev–Trinajstić information content (AvgIpc) is 3.31. The maximum Gasteiger partial charge on any atom is 0.323 e. The molecule has 0 aliphatic carbocycles. The average molecular weight is 503 g/mol. The number of nitrogens with one attached hydrogen (secondary N) is 2. The van der Waals surface area contributed by atoms with Gasteiger partial charge in [-0.25, -0.2) is 9.18 Å². The number of anilines is 2. The molecule has 3 heterocycles. The fraction of sp³-hybridized carbons (Fsp3) is 0.185. The first kappa shape index (κ1) is 23.8. The summed E-state index contributed by atoms with van der Waals surface area (Å²) in [6.07, 6.45) is 1.62. The molecule has 182 valence electrons. The van der Waals surface area contributed by atoms with Crippen LogP contribution in [0.15, 0.2) is 66.9 Å². The summed E-state index contributed by atoms with van der Waals surface area (Å²) in [5.74, 6) is 6.35. The second-order valence-corrected chi connectivity index (χ2v) is 9.07. The highest BCUT2D eigenvalue weighted by Crippen LogP contribution is 2.36. The summed E-state index contributed by atoms with van der Waals surface area (Å²) in [7, 11) is 0. The number of benzene rings is 2. The molecule has 4 aromatic rings. The van der Waals surface area contributed by atoms with E-state index in [0.29, 0.717) is 23.7 Å². The molecule has 5 rings (SSSR count). The highest BCUT2D eigenvalue weighted by molar-refractivity contribution is 7.19. The van der Waals surface area contributed by atoms with Crippen LogP contribution in [0.4, 0.5) is 20.6 Å². The number of hydrogen-bond donors (Lipinski definition) is 2. The zero-order valence-electron chi connectivity index (χ0n) is 19.3. The van der Waals surface area contributed by atoms with Crippen molar-refractivity contribution in [1.82, 2.24) is 9.88 Å². The molecule has 1 aliphatic heterocycles. The SMILES string of the molecule is O=C(Nc1ccccc1)Nc1ccc(Oc2ccnc3cc(C#CCN4CCOCC4)sc23)c(F)c1. The number of carbonyl (C=O) groups excluding carboxylic acids is 1. The molecule has 0 saturated carbocycles. The molecule has 0 atom stereocenters. The summed E-state index contributed by atoms with van der Waals surface area (Å²) in [4.78, 5) is 19.7. The van der Waals surface area contributed by atoms with Gasteiger partial charge in [0.1, 0.15) is 5.75 Å². The number of amides is 2. The molecule has 0 bridgehead atoms. The minimum atomic E-state index is -0.598. The summed E-state index contributed by atoms with van der Waals surface area (Å²) in [5.41, 5.74) is 1.68. The predicted octanol–water partition coefficient (Wildman–Crippen LogP) is 5.56. The Morgan fingerprint density at radius 1 is 1.06 bits per heavy atom. The largest absolute Gasteiger partial charge is 0.453 e. The number of morpholine rings is 1. The van der Waals surface area contributed by atoms with Gasteiger partial charge in [-0.2, -0.15) is 0 Å². The number of thiophene rings is 1. The Bertz CT molecular complexity index is 1430. The van der Waals surface area contributed by atoms with E-state index in [4.69, 9.17) is 9.47 Å². The molecule has 1 fully saturated rings. The third-order valence-electron chi connectivity index (χ3n) is 5.44. The Morgan fingerprint density at radius 2 is 1.86 bits per heavy atom. The molecule has 2 amide bonds. The van der Waals surface area contributed by atoms with Gasteiger partial charge < -0.3 is 20.1 Å². The van der Waals surface area contributed by atoms with Crippen molar-refractivity contribution in [3.8, 4) is 23.3 Å². The highest BCUT2D eigenvalue weighted by Gasteiger charge is 2.13.